The summed E-state index contributed by atoms with van der Waals surface area (Å²) in [5.74, 6) is -4.20. The Hall–Kier alpha value is -1.73. The van der Waals surface area contributed by atoms with Crippen LogP contribution in [0.4, 0.5) is 22.0 Å². The summed E-state index contributed by atoms with van der Waals surface area (Å²) >= 11 is 0. The van der Waals surface area contributed by atoms with Gasteiger partial charge >= 0.3 is 6.18 Å². The highest BCUT2D eigenvalue weighted by molar-refractivity contribution is 5.94. The fourth-order valence-corrected chi connectivity index (χ4v) is 1.68. The van der Waals surface area contributed by atoms with Gasteiger partial charge in [-0.15, -0.1) is 0 Å². The summed E-state index contributed by atoms with van der Waals surface area (Å²) in [6.45, 7) is -1.47. The van der Waals surface area contributed by atoms with Crippen LogP contribution in [0.5, 0.6) is 0 Å². The predicted octanol–water partition coefficient (Wildman–Crippen LogP) is 2.53. The fourth-order valence-electron chi connectivity index (χ4n) is 1.68. The molecule has 1 aliphatic rings. The molecule has 0 unspecified atom stereocenters. The maximum absolute atomic E-state index is 13.4. The molecule has 0 bridgehead atoms. The lowest BCUT2D eigenvalue weighted by Gasteiger charge is -2.23. The van der Waals surface area contributed by atoms with Crippen molar-refractivity contribution in [3.8, 4) is 0 Å². The Balaban J connectivity index is 2.27. The Bertz CT molecular complexity index is 498. The Morgan fingerprint density at radius 3 is 2.53 bits per heavy atom. The van der Waals surface area contributed by atoms with Crippen LogP contribution in [-0.2, 0) is 0 Å². The van der Waals surface area contributed by atoms with Crippen molar-refractivity contribution in [2.75, 3.05) is 6.54 Å². The van der Waals surface area contributed by atoms with Gasteiger partial charge in [-0.1, -0.05) is 0 Å². The standard InChI is InChI=1S/C11H9F5N2O/c12-8-7(3-4-17-9(8)13)10(19)18(6-1-2-6)5-11(14,15)16/h3-4,6H,1-2,5H2. The average molecular weight is 280 g/mol. The van der Waals surface area contributed by atoms with Gasteiger partial charge in [-0.05, 0) is 18.9 Å². The largest absolute Gasteiger partial charge is 0.406 e. The number of rotatable bonds is 3. The molecule has 8 heteroatoms. The molecule has 0 aromatic carbocycles. The molecule has 1 aromatic heterocycles. The van der Waals surface area contributed by atoms with E-state index in [1.54, 1.807) is 0 Å². The molecule has 3 nitrogen and oxygen atoms in total. The summed E-state index contributed by atoms with van der Waals surface area (Å²) in [7, 11) is 0. The number of hydrogen-bond donors (Lipinski definition) is 0. The van der Waals surface area contributed by atoms with Gasteiger partial charge in [-0.2, -0.15) is 17.6 Å². The van der Waals surface area contributed by atoms with Crippen molar-refractivity contribution in [2.24, 2.45) is 0 Å². The van der Waals surface area contributed by atoms with Crippen LogP contribution in [0.25, 0.3) is 0 Å². The van der Waals surface area contributed by atoms with Crippen LogP contribution in [0.2, 0.25) is 0 Å². The Kier molecular flexibility index (Phi) is 3.42. The van der Waals surface area contributed by atoms with Crippen LogP contribution in [0, 0.1) is 11.8 Å². The van der Waals surface area contributed by atoms with E-state index in [0.29, 0.717) is 17.7 Å². The van der Waals surface area contributed by atoms with E-state index in [2.05, 4.69) is 4.98 Å². The molecular weight excluding hydrogens is 271 g/mol. The summed E-state index contributed by atoms with van der Waals surface area (Å²) in [6.07, 6.45) is -2.89. The highest BCUT2D eigenvalue weighted by Crippen LogP contribution is 2.31. The molecule has 2 rings (SSSR count). The van der Waals surface area contributed by atoms with E-state index in [4.69, 9.17) is 0 Å². The van der Waals surface area contributed by atoms with E-state index in [1.807, 2.05) is 0 Å². The fraction of sp³-hybridized carbons (Fsp3) is 0.455. The molecule has 1 heterocycles. The second-order valence-corrected chi connectivity index (χ2v) is 4.24. The van der Waals surface area contributed by atoms with Crippen molar-refractivity contribution < 1.29 is 26.7 Å². The monoisotopic (exact) mass is 280 g/mol. The first-order valence-corrected chi connectivity index (χ1v) is 5.47. The molecule has 0 aliphatic heterocycles. The molecule has 0 radical (unpaired) electrons. The van der Waals surface area contributed by atoms with E-state index in [9.17, 15) is 26.7 Å². The number of halogens is 5. The normalized spacial score (nSPS) is 15.4. The average Bonchev–Trinajstić information content (AvgIpc) is 3.12. The second-order valence-electron chi connectivity index (χ2n) is 4.24. The second kappa shape index (κ2) is 4.75. The minimum Gasteiger partial charge on any atom is -0.326 e. The molecule has 0 spiro atoms. The van der Waals surface area contributed by atoms with Gasteiger partial charge in [0.25, 0.3) is 5.91 Å². The van der Waals surface area contributed by atoms with E-state index in [0.717, 1.165) is 12.3 Å². The number of amides is 1. The third-order valence-corrected chi connectivity index (χ3v) is 2.68. The molecule has 1 saturated carbocycles. The maximum Gasteiger partial charge on any atom is 0.406 e. The minimum absolute atomic E-state index is 0.428. The maximum atomic E-state index is 13.4. The van der Waals surface area contributed by atoms with Gasteiger partial charge < -0.3 is 4.90 Å². The summed E-state index contributed by atoms with van der Waals surface area (Å²) in [5, 5.41) is 0. The van der Waals surface area contributed by atoms with Crippen LogP contribution in [0.1, 0.15) is 23.2 Å². The molecule has 0 saturated heterocycles. The number of pyridine rings is 1. The highest BCUT2D eigenvalue weighted by Gasteiger charge is 2.41. The van der Waals surface area contributed by atoms with Gasteiger partial charge in [0.2, 0.25) is 5.95 Å². The number of aromatic nitrogens is 1. The van der Waals surface area contributed by atoms with Gasteiger partial charge in [0.05, 0.1) is 5.56 Å². The van der Waals surface area contributed by atoms with Gasteiger partial charge in [0.1, 0.15) is 6.54 Å². The number of carbonyl (C=O) groups is 1. The lowest BCUT2D eigenvalue weighted by atomic mass is 10.2. The van der Waals surface area contributed by atoms with E-state index < -0.39 is 42.0 Å². The zero-order valence-corrected chi connectivity index (χ0v) is 9.55. The molecular formula is C11H9F5N2O. The molecule has 1 amide bonds. The Morgan fingerprint density at radius 2 is 2.00 bits per heavy atom. The summed E-state index contributed by atoms with van der Waals surface area (Å²) in [6, 6.07) is 0.303. The number of alkyl halides is 3. The lowest BCUT2D eigenvalue weighted by molar-refractivity contribution is -0.141. The van der Waals surface area contributed by atoms with Crippen molar-refractivity contribution in [2.45, 2.75) is 25.1 Å². The molecule has 1 aromatic rings. The lowest BCUT2D eigenvalue weighted by Crippen LogP contribution is -2.41. The molecule has 1 aliphatic carbocycles. The van der Waals surface area contributed by atoms with E-state index in [-0.39, 0.29) is 0 Å². The third-order valence-electron chi connectivity index (χ3n) is 2.68. The first kappa shape index (κ1) is 13.7. The molecule has 0 atom stereocenters. The molecule has 1 fully saturated rings. The van der Waals surface area contributed by atoms with Crippen LogP contribution >= 0.6 is 0 Å². The van der Waals surface area contributed by atoms with Crippen LogP contribution < -0.4 is 0 Å². The zero-order chi connectivity index (χ0) is 14.2. The first-order chi connectivity index (χ1) is 8.79. The quantitative estimate of drug-likeness (QED) is 0.629. The van der Waals surface area contributed by atoms with Gasteiger partial charge in [0.15, 0.2) is 5.82 Å². The van der Waals surface area contributed by atoms with Crippen molar-refractivity contribution >= 4 is 5.91 Å². The van der Waals surface area contributed by atoms with Gasteiger partial charge in [0, 0.05) is 12.2 Å². The van der Waals surface area contributed by atoms with Crippen LogP contribution in [0.15, 0.2) is 12.3 Å². The molecule has 19 heavy (non-hydrogen) atoms. The van der Waals surface area contributed by atoms with Crippen molar-refractivity contribution in [3.63, 3.8) is 0 Å². The topological polar surface area (TPSA) is 33.2 Å². The minimum atomic E-state index is -4.58. The van der Waals surface area contributed by atoms with Crippen molar-refractivity contribution in [3.05, 3.63) is 29.6 Å². The Labute approximate surface area is 105 Å². The van der Waals surface area contributed by atoms with E-state index in [1.165, 1.54) is 0 Å². The van der Waals surface area contributed by atoms with E-state index >= 15 is 0 Å². The van der Waals surface area contributed by atoms with Crippen LogP contribution in [0.3, 0.4) is 0 Å². The van der Waals surface area contributed by atoms with Gasteiger partial charge in [-0.25, -0.2) is 9.37 Å². The summed E-state index contributed by atoms with van der Waals surface area (Å²) in [4.78, 5) is 15.4. The Morgan fingerprint density at radius 1 is 1.37 bits per heavy atom. The zero-order valence-electron chi connectivity index (χ0n) is 9.55. The number of carbonyl (C=O) groups excluding carboxylic acids is 1. The molecule has 104 valence electrons. The van der Waals surface area contributed by atoms with Crippen molar-refractivity contribution in [1.29, 1.82) is 0 Å². The third kappa shape index (κ3) is 3.18. The smallest absolute Gasteiger partial charge is 0.326 e. The van der Waals surface area contributed by atoms with Crippen molar-refractivity contribution in [1.82, 2.24) is 9.88 Å². The number of hydrogen-bond acceptors (Lipinski definition) is 2. The SMILES string of the molecule is O=C(c1ccnc(F)c1F)N(CC(F)(F)F)C1CC1. The molecule has 0 N–H and O–H groups in total. The highest BCUT2D eigenvalue weighted by atomic mass is 19.4. The van der Waals surface area contributed by atoms with Crippen LogP contribution in [-0.4, -0.2) is 34.6 Å². The predicted molar refractivity (Wildman–Crippen MR) is 54.3 cm³/mol. The summed E-state index contributed by atoms with van der Waals surface area (Å²) < 4.78 is 63.4. The van der Waals surface area contributed by atoms with Gasteiger partial charge in [-0.3, -0.25) is 4.79 Å². The number of nitrogens with zero attached hydrogens (tertiary/aromatic N) is 2. The first-order valence-electron chi connectivity index (χ1n) is 5.47. The summed E-state index contributed by atoms with van der Waals surface area (Å²) in [5.41, 5.74) is -0.733.